The quantitative estimate of drug-likeness (QED) is 0.506. The minimum atomic E-state index is -0.602. The summed E-state index contributed by atoms with van der Waals surface area (Å²) in [6.07, 6.45) is 5.81. The van der Waals surface area contributed by atoms with E-state index in [9.17, 15) is 14.9 Å². The first-order valence-corrected chi connectivity index (χ1v) is 7.34. The van der Waals surface area contributed by atoms with E-state index in [-0.39, 0.29) is 23.0 Å². The lowest BCUT2D eigenvalue weighted by atomic mass is 9.84. The highest BCUT2D eigenvalue weighted by Gasteiger charge is 2.26. The summed E-state index contributed by atoms with van der Waals surface area (Å²) in [5.74, 6) is 0.0230. The molecule has 1 atom stereocenters. The van der Waals surface area contributed by atoms with Crippen LogP contribution in [0.4, 0.5) is 11.4 Å². The zero-order valence-corrected chi connectivity index (χ0v) is 12.2. The van der Waals surface area contributed by atoms with E-state index in [1.807, 2.05) is 6.92 Å². The number of amides is 1. The molecule has 6 heteroatoms. The van der Waals surface area contributed by atoms with Crippen LogP contribution >= 0.6 is 0 Å². The van der Waals surface area contributed by atoms with E-state index < -0.39 is 10.8 Å². The molecule has 2 rings (SSSR count). The minimum absolute atomic E-state index is 0.0120. The molecule has 0 heterocycles. The molecule has 0 spiro atoms. The molecule has 114 valence electrons. The first-order chi connectivity index (χ1) is 10.0. The molecule has 0 aliphatic heterocycles. The highest BCUT2D eigenvalue weighted by atomic mass is 16.6. The summed E-state index contributed by atoms with van der Waals surface area (Å²) >= 11 is 0. The number of hydrogen-bond donors (Lipinski definition) is 2. The van der Waals surface area contributed by atoms with E-state index in [2.05, 4.69) is 5.32 Å². The van der Waals surface area contributed by atoms with E-state index in [1.165, 1.54) is 31.4 Å². The highest BCUT2D eigenvalue weighted by Crippen LogP contribution is 2.28. The second kappa shape index (κ2) is 6.56. The predicted molar refractivity (Wildman–Crippen MR) is 81.0 cm³/mol. The largest absolute Gasteiger partial charge is 0.393 e. The second-order valence-corrected chi connectivity index (χ2v) is 5.66. The fraction of sp³-hybridized carbons (Fsp3) is 0.533. The lowest BCUT2D eigenvalue weighted by Gasteiger charge is -2.28. The Bertz CT molecular complexity index is 539. The summed E-state index contributed by atoms with van der Waals surface area (Å²) in [5, 5.41) is 14.0. The number of benzene rings is 1. The molecule has 1 saturated carbocycles. The molecule has 21 heavy (non-hydrogen) atoms. The third-order valence-electron chi connectivity index (χ3n) is 4.21. The van der Waals surface area contributed by atoms with Gasteiger partial charge in [0, 0.05) is 6.04 Å². The summed E-state index contributed by atoms with van der Waals surface area (Å²) in [6, 6.07) is 4.44. The van der Waals surface area contributed by atoms with Gasteiger partial charge in [0.2, 0.25) is 0 Å². The van der Waals surface area contributed by atoms with E-state index in [1.54, 1.807) is 6.07 Å². The van der Waals surface area contributed by atoms with Gasteiger partial charge in [0.05, 0.1) is 4.92 Å². The topological polar surface area (TPSA) is 98.3 Å². The van der Waals surface area contributed by atoms with Crippen molar-refractivity contribution in [3.63, 3.8) is 0 Å². The van der Waals surface area contributed by atoms with Gasteiger partial charge in [-0.15, -0.1) is 0 Å². The van der Waals surface area contributed by atoms with Gasteiger partial charge in [-0.25, -0.2) is 0 Å². The van der Waals surface area contributed by atoms with Gasteiger partial charge in [-0.05, 0) is 37.8 Å². The van der Waals surface area contributed by atoms with Crippen LogP contribution in [0.1, 0.15) is 49.4 Å². The number of nitro groups is 1. The molecule has 3 N–H and O–H groups in total. The van der Waals surface area contributed by atoms with Gasteiger partial charge in [-0.1, -0.05) is 25.3 Å². The number of hydrogen-bond acceptors (Lipinski definition) is 4. The van der Waals surface area contributed by atoms with Crippen molar-refractivity contribution in [1.29, 1.82) is 0 Å². The van der Waals surface area contributed by atoms with Crippen LogP contribution in [0, 0.1) is 16.0 Å². The van der Waals surface area contributed by atoms with Crippen LogP contribution < -0.4 is 11.1 Å². The molecule has 1 aromatic rings. The molecule has 0 aromatic heterocycles. The van der Waals surface area contributed by atoms with Crippen molar-refractivity contribution < 1.29 is 9.72 Å². The number of carbonyl (C=O) groups is 1. The first kappa shape index (κ1) is 15.3. The van der Waals surface area contributed by atoms with Gasteiger partial charge in [0.25, 0.3) is 5.91 Å². The highest BCUT2D eigenvalue weighted by molar-refractivity contribution is 6.00. The number of nitrogens with one attached hydrogen (secondary N) is 1. The summed E-state index contributed by atoms with van der Waals surface area (Å²) in [7, 11) is 0. The van der Waals surface area contributed by atoms with Crippen LogP contribution in [-0.2, 0) is 0 Å². The summed E-state index contributed by atoms with van der Waals surface area (Å²) in [4.78, 5) is 22.8. The minimum Gasteiger partial charge on any atom is -0.393 e. The van der Waals surface area contributed by atoms with E-state index in [0.717, 1.165) is 12.8 Å². The van der Waals surface area contributed by atoms with Gasteiger partial charge < -0.3 is 11.1 Å². The Morgan fingerprint density at radius 1 is 1.38 bits per heavy atom. The fourth-order valence-corrected chi connectivity index (χ4v) is 2.98. The Morgan fingerprint density at radius 3 is 2.67 bits per heavy atom. The number of nitro benzene ring substituents is 1. The Hall–Kier alpha value is -2.11. The number of nitrogens with zero attached hydrogens (tertiary/aromatic N) is 1. The Morgan fingerprint density at radius 2 is 2.05 bits per heavy atom. The molecule has 0 bridgehead atoms. The van der Waals surface area contributed by atoms with Crippen molar-refractivity contribution in [2.75, 3.05) is 5.73 Å². The zero-order valence-electron chi connectivity index (χ0n) is 12.2. The van der Waals surface area contributed by atoms with Crippen molar-refractivity contribution in [3.05, 3.63) is 33.9 Å². The Kier molecular flexibility index (Phi) is 4.77. The number of rotatable bonds is 4. The monoisotopic (exact) mass is 291 g/mol. The lowest BCUT2D eigenvalue weighted by molar-refractivity contribution is -0.384. The van der Waals surface area contributed by atoms with Crippen molar-refractivity contribution in [1.82, 2.24) is 5.32 Å². The summed E-state index contributed by atoms with van der Waals surface area (Å²) < 4.78 is 0. The summed E-state index contributed by atoms with van der Waals surface area (Å²) in [6.45, 7) is 1.96. The maximum Gasteiger partial charge on any atom is 0.304 e. The molecular weight excluding hydrogens is 270 g/mol. The molecule has 1 aromatic carbocycles. The Balaban J connectivity index is 2.13. The third-order valence-corrected chi connectivity index (χ3v) is 4.21. The van der Waals surface area contributed by atoms with Crippen molar-refractivity contribution in [3.8, 4) is 0 Å². The standard InChI is InChI=1S/C15H21N3O3/c1-10(11-6-3-2-4-7-11)17-15(19)12-8-5-9-13(16)14(12)18(20)21/h5,8-11H,2-4,6-7,16H2,1H3,(H,17,19). The summed E-state index contributed by atoms with van der Waals surface area (Å²) in [5.41, 5.74) is 5.34. The van der Waals surface area contributed by atoms with Gasteiger partial charge in [-0.3, -0.25) is 14.9 Å². The number of nitrogens with two attached hydrogens (primary N) is 1. The number of anilines is 1. The molecule has 1 aliphatic carbocycles. The molecule has 1 unspecified atom stereocenters. The van der Waals surface area contributed by atoms with Gasteiger partial charge in [0.1, 0.15) is 11.3 Å². The van der Waals surface area contributed by atoms with Gasteiger partial charge in [-0.2, -0.15) is 0 Å². The molecule has 1 fully saturated rings. The maximum atomic E-state index is 12.3. The van der Waals surface area contributed by atoms with E-state index in [0.29, 0.717) is 5.92 Å². The maximum absolute atomic E-state index is 12.3. The second-order valence-electron chi connectivity index (χ2n) is 5.66. The molecular formula is C15H21N3O3. The SMILES string of the molecule is CC(NC(=O)c1cccc(N)c1[N+](=O)[O-])C1CCCCC1. The molecule has 0 radical (unpaired) electrons. The lowest BCUT2D eigenvalue weighted by Crippen LogP contribution is -2.39. The smallest absolute Gasteiger partial charge is 0.304 e. The third kappa shape index (κ3) is 3.51. The first-order valence-electron chi connectivity index (χ1n) is 7.34. The zero-order chi connectivity index (χ0) is 15.4. The van der Waals surface area contributed by atoms with Crippen LogP contribution in [0.25, 0.3) is 0 Å². The van der Waals surface area contributed by atoms with Crippen molar-refractivity contribution in [2.24, 2.45) is 5.92 Å². The van der Waals surface area contributed by atoms with Crippen LogP contribution in [0.3, 0.4) is 0 Å². The number of carbonyl (C=O) groups excluding carboxylic acids is 1. The fourth-order valence-electron chi connectivity index (χ4n) is 2.98. The van der Waals surface area contributed by atoms with Gasteiger partial charge in [0.15, 0.2) is 0 Å². The van der Waals surface area contributed by atoms with E-state index in [4.69, 9.17) is 5.73 Å². The Labute approximate surface area is 123 Å². The average molecular weight is 291 g/mol. The number of para-hydroxylation sites is 1. The average Bonchev–Trinajstić information content (AvgIpc) is 2.47. The molecule has 1 aliphatic rings. The van der Waals surface area contributed by atoms with Crippen molar-refractivity contribution >= 4 is 17.3 Å². The van der Waals surface area contributed by atoms with Crippen LogP contribution in [0.2, 0.25) is 0 Å². The normalized spacial score (nSPS) is 17.2. The van der Waals surface area contributed by atoms with E-state index >= 15 is 0 Å². The molecule has 6 nitrogen and oxygen atoms in total. The predicted octanol–water partition coefficient (Wildman–Crippen LogP) is 2.88. The van der Waals surface area contributed by atoms with Crippen molar-refractivity contribution in [2.45, 2.75) is 45.1 Å². The van der Waals surface area contributed by atoms with Gasteiger partial charge >= 0.3 is 5.69 Å². The molecule has 0 saturated heterocycles. The van der Waals surface area contributed by atoms with Crippen LogP contribution in [0.5, 0.6) is 0 Å². The van der Waals surface area contributed by atoms with Crippen LogP contribution in [0.15, 0.2) is 18.2 Å². The molecule has 1 amide bonds. The van der Waals surface area contributed by atoms with Crippen LogP contribution in [-0.4, -0.2) is 16.9 Å². The number of nitrogen functional groups attached to an aromatic ring is 1.